The lowest BCUT2D eigenvalue weighted by Gasteiger charge is -2.42. The summed E-state index contributed by atoms with van der Waals surface area (Å²) in [6, 6.07) is 12.4. The molecule has 4 heterocycles. The van der Waals surface area contributed by atoms with Gasteiger partial charge in [-0.05, 0) is 81.1 Å². The number of anilines is 1. The van der Waals surface area contributed by atoms with Gasteiger partial charge in [0.25, 0.3) is 5.91 Å². The molecule has 0 spiro atoms. The van der Waals surface area contributed by atoms with Gasteiger partial charge < -0.3 is 25.0 Å². The molecule has 3 fully saturated rings. The van der Waals surface area contributed by atoms with Crippen LogP contribution in [0.4, 0.5) is 18.9 Å². The maximum Gasteiger partial charge on any atom is 0.416 e. The molecule has 1 saturated carbocycles. The standard InChI is InChI=1S/C33H35F3N6O3/c1-2-44-32-25(4-3-13-39-32)26-8-9-27(30(41-26)31(43)40-23-11-14-38-19-23)42-15-12-24(17-28(42)20-5-6-20)45-29-10-7-22(33(34,35)36)16-21(29)18-37/h3-4,7-10,13,16,20,23-24,28,38H,2,5-6,11-12,14-15,17,19H2,1H3,(H,40,43)/t23-,24+,28+/m1/s1. The average molecular weight is 621 g/mol. The molecule has 1 amide bonds. The minimum absolute atomic E-state index is 0.00427. The van der Waals surface area contributed by atoms with Crippen molar-refractivity contribution in [2.75, 3.05) is 31.1 Å². The summed E-state index contributed by atoms with van der Waals surface area (Å²) < 4.78 is 51.6. The summed E-state index contributed by atoms with van der Waals surface area (Å²) in [4.78, 5) is 25.3. The highest BCUT2D eigenvalue weighted by Crippen LogP contribution is 2.43. The first kappa shape index (κ1) is 30.6. The molecule has 6 rings (SSSR count). The van der Waals surface area contributed by atoms with Crippen molar-refractivity contribution in [1.29, 1.82) is 5.26 Å². The molecule has 1 aromatic carbocycles. The summed E-state index contributed by atoms with van der Waals surface area (Å²) in [5, 5.41) is 16.0. The first-order valence-electron chi connectivity index (χ1n) is 15.4. The summed E-state index contributed by atoms with van der Waals surface area (Å²) in [6.07, 6.45) is 0.868. The Morgan fingerprint density at radius 1 is 1.18 bits per heavy atom. The predicted octanol–water partition coefficient (Wildman–Crippen LogP) is 5.35. The molecule has 2 aromatic heterocycles. The Labute approximate surface area is 259 Å². The Bertz CT molecular complexity index is 1580. The summed E-state index contributed by atoms with van der Waals surface area (Å²) in [5.41, 5.74) is 1.30. The van der Waals surface area contributed by atoms with Gasteiger partial charge in [0.05, 0.1) is 34.7 Å². The summed E-state index contributed by atoms with van der Waals surface area (Å²) >= 11 is 0. The van der Waals surface area contributed by atoms with Crippen LogP contribution in [0.3, 0.4) is 0 Å². The van der Waals surface area contributed by atoms with E-state index < -0.39 is 11.7 Å². The molecule has 2 saturated heterocycles. The number of carbonyl (C=O) groups is 1. The van der Waals surface area contributed by atoms with Crippen LogP contribution in [-0.2, 0) is 6.18 Å². The van der Waals surface area contributed by atoms with E-state index in [0.29, 0.717) is 61.3 Å². The molecular weight excluding hydrogens is 585 g/mol. The number of alkyl halides is 3. The smallest absolute Gasteiger partial charge is 0.416 e. The molecule has 9 nitrogen and oxygen atoms in total. The molecule has 0 radical (unpaired) electrons. The van der Waals surface area contributed by atoms with Gasteiger partial charge in [-0.15, -0.1) is 0 Å². The second kappa shape index (κ2) is 12.9. The third-order valence-corrected chi connectivity index (χ3v) is 8.61. The molecule has 3 aromatic rings. The Morgan fingerprint density at radius 2 is 2.02 bits per heavy atom. The van der Waals surface area contributed by atoms with Crippen LogP contribution in [0.2, 0.25) is 0 Å². The number of nitriles is 1. The third-order valence-electron chi connectivity index (χ3n) is 8.61. The van der Waals surface area contributed by atoms with Crippen LogP contribution < -0.4 is 25.0 Å². The minimum atomic E-state index is -4.55. The van der Waals surface area contributed by atoms with Crippen molar-refractivity contribution in [3.63, 3.8) is 0 Å². The number of rotatable bonds is 9. The van der Waals surface area contributed by atoms with Gasteiger partial charge >= 0.3 is 6.18 Å². The fourth-order valence-corrected chi connectivity index (χ4v) is 6.24. The monoisotopic (exact) mass is 620 g/mol. The van der Waals surface area contributed by atoms with Crippen LogP contribution in [0, 0.1) is 17.2 Å². The van der Waals surface area contributed by atoms with Crippen molar-refractivity contribution in [3.05, 3.63) is 65.5 Å². The number of nitrogens with zero attached hydrogens (tertiary/aromatic N) is 4. The number of carbonyl (C=O) groups excluding carboxylic acids is 1. The van der Waals surface area contributed by atoms with Crippen LogP contribution in [0.1, 0.15) is 60.6 Å². The summed E-state index contributed by atoms with van der Waals surface area (Å²) in [7, 11) is 0. The number of ether oxygens (including phenoxy) is 2. The molecule has 236 valence electrons. The van der Waals surface area contributed by atoms with E-state index in [1.807, 2.05) is 31.2 Å². The number of benzene rings is 1. The van der Waals surface area contributed by atoms with Gasteiger partial charge in [0.15, 0.2) is 5.69 Å². The molecule has 1 aliphatic carbocycles. The lowest BCUT2D eigenvalue weighted by molar-refractivity contribution is -0.137. The maximum atomic E-state index is 13.8. The predicted molar refractivity (Wildman–Crippen MR) is 161 cm³/mol. The van der Waals surface area contributed by atoms with Crippen molar-refractivity contribution in [1.82, 2.24) is 20.6 Å². The molecule has 45 heavy (non-hydrogen) atoms. The Balaban J connectivity index is 1.29. The van der Waals surface area contributed by atoms with Gasteiger partial charge in [0.1, 0.15) is 17.9 Å². The van der Waals surface area contributed by atoms with E-state index in [4.69, 9.17) is 14.5 Å². The molecule has 0 bridgehead atoms. The van der Waals surface area contributed by atoms with Crippen molar-refractivity contribution in [2.24, 2.45) is 5.92 Å². The first-order chi connectivity index (χ1) is 21.7. The van der Waals surface area contributed by atoms with E-state index >= 15 is 0 Å². The average Bonchev–Trinajstić information content (AvgIpc) is 3.76. The number of nitrogens with one attached hydrogen (secondary N) is 2. The summed E-state index contributed by atoms with van der Waals surface area (Å²) in [6.45, 7) is 4.40. The van der Waals surface area contributed by atoms with E-state index in [2.05, 4.69) is 20.5 Å². The van der Waals surface area contributed by atoms with Gasteiger partial charge in [-0.1, -0.05) is 0 Å². The van der Waals surface area contributed by atoms with Gasteiger partial charge in [0.2, 0.25) is 5.88 Å². The summed E-state index contributed by atoms with van der Waals surface area (Å²) in [5.74, 6) is 0.729. The lowest BCUT2D eigenvalue weighted by atomic mass is 9.94. The van der Waals surface area contributed by atoms with Crippen molar-refractivity contribution >= 4 is 11.6 Å². The number of halogens is 3. The van der Waals surface area contributed by atoms with Crippen LogP contribution in [0.25, 0.3) is 11.3 Å². The molecule has 0 unspecified atom stereocenters. The molecular formula is C33H35F3N6O3. The van der Waals surface area contributed by atoms with Crippen LogP contribution in [0.5, 0.6) is 11.6 Å². The van der Waals surface area contributed by atoms with E-state index in [1.165, 1.54) is 6.07 Å². The number of aromatic nitrogens is 2. The second-order valence-corrected chi connectivity index (χ2v) is 11.7. The molecule has 3 atom stereocenters. The van der Waals surface area contributed by atoms with Crippen molar-refractivity contribution < 1.29 is 27.4 Å². The van der Waals surface area contributed by atoms with Crippen LogP contribution >= 0.6 is 0 Å². The highest BCUT2D eigenvalue weighted by molar-refractivity contribution is 5.99. The van der Waals surface area contributed by atoms with E-state index in [-0.39, 0.29) is 35.4 Å². The number of amides is 1. The largest absolute Gasteiger partial charge is 0.489 e. The molecule has 2 aliphatic heterocycles. The van der Waals surface area contributed by atoms with Crippen LogP contribution in [0.15, 0.2) is 48.7 Å². The second-order valence-electron chi connectivity index (χ2n) is 11.7. The molecule has 2 N–H and O–H groups in total. The Morgan fingerprint density at radius 3 is 2.73 bits per heavy atom. The minimum Gasteiger partial charge on any atom is -0.489 e. The topological polar surface area (TPSA) is 112 Å². The van der Waals surface area contributed by atoms with E-state index in [1.54, 1.807) is 12.3 Å². The van der Waals surface area contributed by atoms with Gasteiger partial charge in [0, 0.05) is 44.2 Å². The van der Waals surface area contributed by atoms with Crippen molar-refractivity contribution in [3.8, 4) is 29.0 Å². The Kier molecular flexibility index (Phi) is 8.81. The quantitative estimate of drug-likeness (QED) is 0.329. The number of hydrogen-bond donors (Lipinski definition) is 2. The zero-order chi connectivity index (χ0) is 31.6. The number of pyridine rings is 2. The highest BCUT2D eigenvalue weighted by Gasteiger charge is 2.42. The van der Waals surface area contributed by atoms with Crippen molar-refractivity contribution in [2.45, 2.75) is 63.4 Å². The highest BCUT2D eigenvalue weighted by atomic mass is 19.4. The first-order valence-corrected chi connectivity index (χ1v) is 15.4. The van der Waals surface area contributed by atoms with E-state index in [9.17, 15) is 23.2 Å². The van der Waals surface area contributed by atoms with Gasteiger partial charge in [-0.2, -0.15) is 18.4 Å². The zero-order valence-electron chi connectivity index (χ0n) is 24.9. The van der Waals surface area contributed by atoms with Gasteiger partial charge in [-0.3, -0.25) is 4.79 Å². The molecule has 12 heteroatoms. The molecule has 3 aliphatic rings. The Hall–Kier alpha value is -4.37. The number of piperidine rings is 1. The third kappa shape index (κ3) is 6.83. The van der Waals surface area contributed by atoms with Crippen LogP contribution in [-0.4, -0.2) is 60.3 Å². The fraction of sp³-hybridized carbons (Fsp3) is 0.455. The van der Waals surface area contributed by atoms with E-state index in [0.717, 1.165) is 43.6 Å². The normalized spacial score (nSPS) is 21.7. The maximum absolute atomic E-state index is 13.8. The van der Waals surface area contributed by atoms with Gasteiger partial charge in [-0.25, -0.2) is 9.97 Å². The number of hydrogen-bond acceptors (Lipinski definition) is 8. The zero-order valence-corrected chi connectivity index (χ0v) is 24.9. The lowest BCUT2D eigenvalue weighted by Crippen LogP contribution is -2.48. The fourth-order valence-electron chi connectivity index (χ4n) is 6.24. The SMILES string of the molecule is CCOc1ncccc1-c1ccc(N2CC[C@H](Oc3ccc(C(F)(F)F)cc3C#N)C[C@H]2C2CC2)c(C(=O)N[C@@H]2CCNC2)n1.